The van der Waals surface area contributed by atoms with Crippen molar-refractivity contribution >= 4 is 17.6 Å². The van der Waals surface area contributed by atoms with E-state index in [0.717, 1.165) is 5.69 Å². The van der Waals surface area contributed by atoms with Crippen LogP contribution in [0.25, 0.3) is 0 Å². The highest BCUT2D eigenvalue weighted by Gasteiger charge is 2.25. The molecular weight excluding hydrogens is 194 g/mol. The fourth-order valence-corrected chi connectivity index (χ4v) is 1.38. The van der Waals surface area contributed by atoms with Gasteiger partial charge in [-0.2, -0.15) is 0 Å². The van der Waals surface area contributed by atoms with E-state index in [0.29, 0.717) is 6.54 Å². The highest BCUT2D eigenvalue weighted by molar-refractivity contribution is 6.00. The standard InChI is InChI=1S/C10H11N3O2/c14-9-8(6-11-10(15)13-9)12-7-4-2-1-3-5-7/h1-5,8,12H,6H2,(H2,11,13,14,15). The Labute approximate surface area is 86.9 Å². The average molecular weight is 205 g/mol. The number of amides is 3. The number of hydrogen-bond acceptors (Lipinski definition) is 3. The monoisotopic (exact) mass is 205 g/mol. The Balaban J connectivity index is 2.01. The number of benzene rings is 1. The SMILES string of the molecule is O=C1NCC(Nc2ccccc2)C(=O)N1. The Morgan fingerprint density at radius 2 is 1.93 bits per heavy atom. The van der Waals surface area contributed by atoms with Gasteiger partial charge in [-0.3, -0.25) is 10.1 Å². The zero-order valence-corrected chi connectivity index (χ0v) is 7.99. The predicted octanol–water partition coefficient (Wildman–Crippen LogP) is 0.307. The lowest BCUT2D eigenvalue weighted by Crippen LogP contribution is -2.57. The van der Waals surface area contributed by atoms with Gasteiger partial charge in [-0.05, 0) is 12.1 Å². The summed E-state index contributed by atoms with van der Waals surface area (Å²) in [6.07, 6.45) is 0. The molecule has 0 aromatic heterocycles. The second-order valence-electron chi connectivity index (χ2n) is 3.26. The Morgan fingerprint density at radius 1 is 1.20 bits per heavy atom. The fraction of sp³-hybridized carbons (Fsp3) is 0.200. The van der Waals surface area contributed by atoms with Crippen molar-refractivity contribution in [2.45, 2.75) is 6.04 Å². The van der Waals surface area contributed by atoms with Gasteiger partial charge in [-0.25, -0.2) is 4.79 Å². The molecule has 3 N–H and O–H groups in total. The summed E-state index contributed by atoms with van der Waals surface area (Å²) in [5.41, 5.74) is 0.855. The Hall–Kier alpha value is -2.04. The molecule has 1 unspecified atom stereocenters. The van der Waals surface area contributed by atoms with Crippen molar-refractivity contribution in [3.05, 3.63) is 30.3 Å². The minimum Gasteiger partial charge on any atom is -0.372 e. The molecule has 0 saturated carbocycles. The van der Waals surface area contributed by atoms with Crippen LogP contribution in [0.2, 0.25) is 0 Å². The molecule has 1 atom stereocenters. The van der Waals surface area contributed by atoms with E-state index >= 15 is 0 Å². The van der Waals surface area contributed by atoms with Crippen LogP contribution in [-0.4, -0.2) is 24.5 Å². The first-order chi connectivity index (χ1) is 7.25. The van der Waals surface area contributed by atoms with E-state index in [-0.39, 0.29) is 5.91 Å². The van der Waals surface area contributed by atoms with Gasteiger partial charge in [0.15, 0.2) is 0 Å². The van der Waals surface area contributed by atoms with Gasteiger partial charge in [-0.1, -0.05) is 18.2 Å². The Kier molecular flexibility index (Phi) is 2.53. The molecular formula is C10H11N3O2. The van der Waals surface area contributed by atoms with Gasteiger partial charge in [0.2, 0.25) is 0 Å². The molecule has 1 aliphatic rings. The quantitative estimate of drug-likeness (QED) is 0.650. The van der Waals surface area contributed by atoms with Crippen molar-refractivity contribution in [1.82, 2.24) is 10.6 Å². The molecule has 1 heterocycles. The fourth-order valence-electron chi connectivity index (χ4n) is 1.38. The van der Waals surface area contributed by atoms with E-state index in [1.54, 1.807) is 0 Å². The molecule has 15 heavy (non-hydrogen) atoms. The van der Waals surface area contributed by atoms with Crippen molar-refractivity contribution in [2.24, 2.45) is 0 Å². The van der Waals surface area contributed by atoms with E-state index < -0.39 is 12.1 Å². The van der Waals surface area contributed by atoms with E-state index in [1.165, 1.54) is 0 Å². The van der Waals surface area contributed by atoms with Crippen molar-refractivity contribution in [2.75, 3.05) is 11.9 Å². The molecule has 5 nitrogen and oxygen atoms in total. The van der Waals surface area contributed by atoms with Crippen LogP contribution >= 0.6 is 0 Å². The molecule has 1 aromatic rings. The summed E-state index contributed by atoms with van der Waals surface area (Å²) in [5, 5.41) is 7.77. The number of carbonyl (C=O) groups excluding carboxylic acids is 2. The number of nitrogens with one attached hydrogen (secondary N) is 3. The molecule has 0 bridgehead atoms. The maximum atomic E-state index is 11.4. The summed E-state index contributed by atoms with van der Waals surface area (Å²) in [6.45, 7) is 0.305. The maximum Gasteiger partial charge on any atom is 0.321 e. The van der Waals surface area contributed by atoms with Gasteiger partial charge in [0.05, 0.1) is 0 Å². The lowest BCUT2D eigenvalue weighted by molar-refractivity contribution is -0.121. The molecule has 0 aliphatic carbocycles. The van der Waals surface area contributed by atoms with Crippen molar-refractivity contribution in [1.29, 1.82) is 0 Å². The van der Waals surface area contributed by atoms with Gasteiger partial charge in [0, 0.05) is 12.2 Å². The number of anilines is 1. The maximum absolute atomic E-state index is 11.4. The summed E-state index contributed by atoms with van der Waals surface area (Å²) >= 11 is 0. The van der Waals surface area contributed by atoms with Crippen LogP contribution < -0.4 is 16.0 Å². The minimum absolute atomic E-state index is 0.303. The lowest BCUT2D eigenvalue weighted by atomic mass is 10.2. The molecule has 0 radical (unpaired) electrons. The molecule has 78 valence electrons. The highest BCUT2D eigenvalue weighted by Crippen LogP contribution is 2.07. The molecule has 0 spiro atoms. The van der Waals surface area contributed by atoms with E-state index in [1.807, 2.05) is 30.3 Å². The van der Waals surface area contributed by atoms with Crippen molar-refractivity contribution < 1.29 is 9.59 Å². The van der Waals surface area contributed by atoms with E-state index in [2.05, 4.69) is 16.0 Å². The first kappa shape index (κ1) is 9.51. The largest absolute Gasteiger partial charge is 0.372 e. The molecule has 1 aromatic carbocycles. The highest BCUT2D eigenvalue weighted by atomic mass is 16.2. The third-order valence-corrected chi connectivity index (χ3v) is 2.13. The van der Waals surface area contributed by atoms with Gasteiger partial charge in [0.25, 0.3) is 5.91 Å². The minimum atomic E-state index is -0.439. The second kappa shape index (κ2) is 4.00. The third-order valence-electron chi connectivity index (χ3n) is 2.13. The van der Waals surface area contributed by atoms with Crippen LogP contribution in [0, 0.1) is 0 Å². The average Bonchev–Trinajstić information content (AvgIpc) is 2.24. The third kappa shape index (κ3) is 2.25. The number of para-hydroxylation sites is 1. The molecule has 3 amide bonds. The first-order valence-electron chi connectivity index (χ1n) is 4.66. The Morgan fingerprint density at radius 3 is 2.60 bits per heavy atom. The second-order valence-corrected chi connectivity index (χ2v) is 3.26. The first-order valence-corrected chi connectivity index (χ1v) is 4.66. The smallest absolute Gasteiger partial charge is 0.321 e. The van der Waals surface area contributed by atoms with Gasteiger partial charge in [-0.15, -0.1) is 0 Å². The van der Waals surface area contributed by atoms with Gasteiger partial charge in [0.1, 0.15) is 6.04 Å². The molecule has 2 rings (SSSR count). The zero-order valence-electron chi connectivity index (χ0n) is 7.99. The zero-order chi connectivity index (χ0) is 10.7. The van der Waals surface area contributed by atoms with Gasteiger partial charge < -0.3 is 10.6 Å². The number of rotatable bonds is 2. The van der Waals surface area contributed by atoms with Crippen LogP contribution in [0.15, 0.2) is 30.3 Å². The Bertz CT molecular complexity index is 378. The van der Waals surface area contributed by atoms with Crippen LogP contribution in [0.4, 0.5) is 10.5 Å². The normalized spacial score (nSPS) is 20.4. The van der Waals surface area contributed by atoms with E-state index in [4.69, 9.17) is 0 Å². The van der Waals surface area contributed by atoms with E-state index in [9.17, 15) is 9.59 Å². The predicted molar refractivity (Wildman–Crippen MR) is 55.4 cm³/mol. The summed E-state index contributed by atoms with van der Waals surface area (Å²) in [4.78, 5) is 22.2. The van der Waals surface area contributed by atoms with Crippen molar-refractivity contribution in [3.8, 4) is 0 Å². The molecule has 1 aliphatic heterocycles. The lowest BCUT2D eigenvalue weighted by Gasteiger charge is -2.23. The van der Waals surface area contributed by atoms with Crippen LogP contribution in [-0.2, 0) is 4.79 Å². The summed E-state index contributed by atoms with van der Waals surface area (Å²) in [7, 11) is 0. The number of imide groups is 1. The molecule has 5 heteroatoms. The molecule has 1 saturated heterocycles. The molecule has 1 fully saturated rings. The number of urea groups is 1. The summed E-state index contributed by atoms with van der Waals surface area (Å²) in [6, 6.07) is 8.53. The van der Waals surface area contributed by atoms with Crippen LogP contribution in [0.5, 0.6) is 0 Å². The van der Waals surface area contributed by atoms with Crippen LogP contribution in [0.3, 0.4) is 0 Å². The van der Waals surface area contributed by atoms with Gasteiger partial charge >= 0.3 is 6.03 Å². The summed E-state index contributed by atoms with van der Waals surface area (Å²) in [5.74, 6) is -0.303. The van der Waals surface area contributed by atoms with Crippen molar-refractivity contribution in [3.63, 3.8) is 0 Å². The number of carbonyl (C=O) groups is 2. The van der Waals surface area contributed by atoms with Crippen LogP contribution in [0.1, 0.15) is 0 Å². The summed E-state index contributed by atoms with van der Waals surface area (Å²) < 4.78 is 0. The number of hydrogen-bond donors (Lipinski definition) is 3. The topological polar surface area (TPSA) is 70.2 Å².